The van der Waals surface area contributed by atoms with E-state index in [9.17, 15) is 5.11 Å². The van der Waals surface area contributed by atoms with Gasteiger partial charge in [0.05, 0.1) is 12.3 Å². The molecule has 0 aliphatic heterocycles. The minimum atomic E-state index is 0.181. The van der Waals surface area contributed by atoms with Crippen molar-refractivity contribution in [2.24, 2.45) is 0 Å². The van der Waals surface area contributed by atoms with Gasteiger partial charge in [-0.05, 0) is 26.3 Å². The molecule has 0 saturated heterocycles. The average Bonchev–Trinajstić information content (AvgIpc) is 2.89. The van der Waals surface area contributed by atoms with Crippen LogP contribution in [0.4, 0.5) is 5.82 Å². The minimum Gasteiger partial charge on any atom is -0.395 e. The van der Waals surface area contributed by atoms with Gasteiger partial charge < -0.3 is 15.3 Å². The Bertz CT molecular complexity index is 546. The van der Waals surface area contributed by atoms with Gasteiger partial charge >= 0.3 is 0 Å². The predicted molar refractivity (Wildman–Crippen MR) is 77.9 cm³/mol. The lowest BCUT2D eigenvalue weighted by Crippen LogP contribution is -2.42. The topological polar surface area (TPSA) is 52.8 Å². The van der Waals surface area contributed by atoms with Crippen molar-refractivity contribution in [3.05, 3.63) is 17.3 Å². The molecule has 0 atom stereocenters. The largest absolute Gasteiger partial charge is 0.395 e. The Balaban J connectivity index is 1.99. The summed E-state index contributed by atoms with van der Waals surface area (Å²) in [5.41, 5.74) is 1.19. The summed E-state index contributed by atoms with van der Waals surface area (Å²) in [5, 5.41) is 14.6. The van der Waals surface area contributed by atoms with Crippen LogP contribution in [-0.4, -0.2) is 40.7 Å². The molecular weight excluding hydrogens is 260 g/mol. The molecule has 2 heterocycles. The summed E-state index contributed by atoms with van der Waals surface area (Å²) in [5.74, 6) is 1.04. The Morgan fingerprint density at radius 1 is 1.58 bits per heavy atom. The van der Waals surface area contributed by atoms with E-state index < -0.39 is 0 Å². The average molecular weight is 280 g/mol. The number of anilines is 1. The summed E-state index contributed by atoms with van der Waals surface area (Å²) in [7, 11) is 1.95. The van der Waals surface area contributed by atoms with Crippen molar-refractivity contribution in [1.29, 1.82) is 0 Å². The summed E-state index contributed by atoms with van der Waals surface area (Å²) < 4.78 is 2.15. The van der Waals surface area contributed by atoms with Crippen molar-refractivity contribution in [2.45, 2.75) is 31.8 Å². The van der Waals surface area contributed by atoms with E-state index in [4.69, 9.17) is 4.98 Å². The van der Waals surface area contributed by atoms with Crippen LogP contribution in [-0.2, 0) is 6.54 Å². The number of aliphatic hydroxyl groups is 1. The van der Waals surface area contributed by atoms with Gasteiger partial charge in [-0.1, -0.05) is 0 Å². The maximum absolute atomic E-state index is 9.32. The lowest BCUT2D eigenvalue weighted by Gasteiger charge is -2.38. The zero-order valence-electron chi connectivity index (χ0n) is 11.2. The van der Waals surface area contributed by atoms with Gasteiger partial charge in [0.25, 0.3) is 0 Å². The molecule has 2 N–H and O–H groups in total. The fraction of sp³-hybridized carbons (Fsp3) is 0.615. The van der Waals surface area contributed by atoms with Crippen LogP contribution in [0.1, 0.15) is 25.0 Å². The number of nitrogens with zero attached hydrogens (tertiary/aromatic N) is 3. The number of thiazole rings is 1. The fourth-order valence-electron chi connectivity index (χ4n) is 2.65. The van der Waals surface area contributed by atoms with E-state index in [1.807, 2.05) is 7.05 Å². The van der Waals surface area contributed by atoms with E-state index >= 15 is 0 Å². The molecule has 0 unspecified atom stereocenters. The van der Waals surface area contributed by atoms with E-state index in [2.05, 4.69) is 26.2 Å². The first kappa shape index (κ1) is 12.9. The highest BCUT2D eigenvalue weighted by molar-refractivity contribution is 7.15. The maximum Gasteiger partial charge on any atom is 0.195 e. The summed E-state index contributed by atoms with van der Waals surface area (Å²) in [4.78, 5) is 8.09. The van der Waals surface area contributed by atoms with Crippen LogP contribution in [0, 0.1) is 0 Å². The Kier molecular flexibility index (Phi) is 3.72. The highest BCUT2D eigenvalue weighted by Gasteiger charge is 2.28. The third-order valence-electron chi connectivity index (χ3n) is 3.81. The fourth-order valence-corrected chi connectivity index (χ4v) is 3.38. The molecule has 104 valence electrons. The van der Waals surface area contributed by atoms with Crippen LogP contribution in [0.25, 0.3) is 4.96 Å². The normalized spacial score (nSPS) is 15.9. The molecule has 1 saturated carbocycles. The van der Waals surface area contributed by atoms with Crippen molar-refractivity contribution < 1.29 is 5.11 Å². The van der Waals surface area contributed by atoms with E-state index in [1.165, 1.54) is 25.0 Å². The molecular formula is C13H20N4OS. The number of imidazole rings is 1. The maximum atomic E-state index is 9.32. The summed E-state index contributed by atoms with van der Waals surface area (Å²) >= 11 is 1.66. The molecule has 0 radical (unpaired) electrons. The second-order valence-corrected chi connectivity index (χ2v) is 5.84. The molecule has 5 nitrogen and oxygen atoms in total. The van der Waals surface area contributed by atoms with Gasteiger partial charge in [-0.15, -0.1) is 11.3 Å². The number of hydrogen-bond acceptors (Lipinski definition) is 5. The van der Waals surface area contributed by atoms with E-state index in [-0.39, 0.29) is 6.61 Å². The molecule has 2 aromatic rings. The quantitative estimate of drug-likeness (QED) is 0.841. The van der Waals surface area contributed by atoms with Crippen LogP contribution in [0.15, 0.2) is 11.6 Å². The van der Waals surface area contributed by atoms with Gasteiger partial charge in [-0.2, -0.15) is 0 Å². The SMILES string of the molecule is CNCc1c(N(CCO)C2CCC2)nc2sccn12. The molecule has 0 spiro atoms. The van der Waals surface area contributed by atoms with Gasteiger partial charge in [0.15, 0.2) is 10.8 Å². The molecule has 1 fully saturated rings. The lowest BCUT2D eigenvalue weighted by molar-refractivity contribution is 0.283. The third kappa shape index (κ3) is 2.24. The first-order valence-electron chi connectivity index (χ1n) is 6.81. The molecule has 1 aliphatic carbocycles. The Labute approximate surface area is 116 Å². The molecule has 0 aromatic carbocycles. The molecule has 6 heteroatoms. The van der Waals surface area contributed by atoms with E-state index in [0.717, 1.165) is 17.3 Å². The Morgan fingerprint density at radius 2 is 2.42 bits per heavy atom. The highest BCUT2D eigenvalue weighted by Crippen LogP contribution is 2.32. The van der Waals surface area contributed by atoms with Crippen LogP contribution in [0.5, 0.6) is 0 Å². The van der Waals surface area contributed by atoms with E-state index in [1.54, 1.807) is 11.3 Å². The smallest absolute Gasteiger partial charge is 0.195 e. The van der Waals surface area contributed by atoms with Crippen LogP contribution < -0.4 is 10.2 Å². The number of hydrogen-bond donors (Lipinski definition) is 2. The minimum absolute atomic E-state index is 0.181. The summed E-state index contributed by atoms with van der Waals surface area (Å²) in [6.45, 7) is 1.65. The van der Waals surface area contributed by atoms with Crippen molar-refractivity contribution >= 4 is 22.1 Å². The number of rotatable bonds is 6. The number of aliphatic hydroxyl groups excluding tert-OH is 1. The molecule has 3 rings (SSSR count). The van der Waals surface area contributed by atoms with Crippen molar-refractivity contribution in [3.63, 3.8) is 0 Å². The Hall–Kier alpha value is -1.11. The van der Waals surface area contributed by atoms with Gasteiger partial charge in [0.1, 0.15) is 0 Å². The predicted octanol–water partition coefficient (Wildman–Crippen LogP) is 1.47. The standard InChI is InChI=1S/C13H20N4OS/c1-14-9-11-12(15-13-17(11)6-8-19-13)16(5-7-18)10-3-2-4-10/h6,8,10,14,18H,2-5,7,9H2,1H3. The first-order valence-corrected chi connectivity index (χ1v) is 7.69. The van der Waals surface area contributed by atoms with Crippen molar-refractivity contribution in [3.8, 4) is 0 Å². The summed E-state index contributed by atoms with van der Waals surface area (Å²) in [6, 6.07) is 0.548. The number of fused-ring (bicyclic) bond motifs is 1. The van der Waals surface area contributed by atoms with Gasteiger partial charge in [-0.25, -0.2) is 4.98 Å². The van der Waals surface area contributed by atoms with E-state index in [0.29, 0.717) is 12.6 Å². The molecule has 0 amide bonds. The van der Waals surface area contributed by atoms with Crippen LogP contribution >= 0.6 is 11.3 Å². The molecule has 19 heavy (non-hydrogen) atoms. The van der Waals surface area contributed by atoms with Crippen LogP contribution in [0.2, 0.25) is 0 Å². The second-order valence-electron chi connectivity index (χ2n) is 4.97. The van der Waals surface area contributed by atoms with Crippen molar-refractivity contribution in [1.82, 2.24) is 14.7 Å². The van der Waals surface area contributed by atoms with Gasteiger partial charge in [0, 0.05) is 30.7 Å². The van der Waals surface area contributed by atoms with Gasteiger partial charge in [-0.3, -0.25) is 4.40 Å². The zero-order valence-corrected chi connectivity index (χ0v) is 12.0. The zero-order chi connectivity index (χ0) is 13.2. The highest BCUT2D eigenvalue weighted by atomic mass is 32.1. The summed E-state index contributed by atoms with van der Waals surface area (Å²) in [6.07, 6.45) is 5.78. The lowest BCUT2D eigenvalue weighted by atomic mass is 9.91. The molecule has 1 aliphatic rings. The number of aromatic nitrogens is 2. The molecule has 0 bridgehead atoms. The molecule has 2 aromatic heterocycles. The van der Waals surface area contributed by atoms with Crippen molar-refractivity contribution in [2.75, 3.05) is 25.1 Å². The van der Waals surface area contributed by atoms with Crippen LogP contribution in [0.3, 0.4) is 0 Å². The first-order chi connectivity index (χ1) is 9.35. The Morgan fingerprint density at radius 3 is 3.05 bits per heavy atom. The third-order valence-corrected chi connectivity index (χ3v) is 4.57. The number of nitrogens with one attached hydrogen (secondary N) is 1. The van der Waals surface area contributed by atoms with Gasteiger partial charge in [0.2, 0.25) is 0 Å². The second kappa shape index (κ2) is 5.48. The monoisotopic (exact) mass is 280 g/mol.